The van der Waals surface area contributed by atoms with Crippen LogP contribution in [0.25, 0.3) is 6.08 Å². The number of para-hydroxylation sites is 1. The fourth-order valence-electron chi connectivity index (χ4n) is 2.96. The Morgan fingerprint density at radius 2 is 1.87 bits per heavy atom. The van der Waals surface area contributed by atoms with Crippen LogP contribution >= 0.6 is 51.5 Å². The van der Waals surface area contributed by atoms with Gasteiger partial charge in [0, 0.05) is 15.6 Å². The molecule has 3 nitrogen and oxygen atoms in total. The summed E-state index contributed by atoms with van der Waals surface area (Å²) in [6, 6.07) is 19.0. The molecule has 0 atom stereocenters. The maximum Gasteiger partial charge on any atom is 0.270 e. The van der Waals surface area contributed by atoms with Crippen LogP contribution in [0.2, 0.25) is 5.02 Å². The third kappa shape index (κ3) is 4.85. The third-order valence-corrected chi connectivity index (χ3v) is 7.04. The van der Waals surface area contributed by atoms with Gasteiger partial charge in [-0.1, -0.05) is 72.0 Å². The predicted octanol–water partition coefficient (Wildman–Crippen LogP) is 7.23. The minimum absolute atomic E-state index is 0.0792. The van der Waals surface area contributed by atoms with Crippen molar-refractivity contribution >= 4 is 73.5 Å². The molecular formula is C23H14BrClFNO2S2. The number of hydrogen-bond acceptors (Lipinski definition) is 4. The summed E-state index contributed by atoms with van der Waals surface area (Å²) in [5, 5.41) is 0.488. The zero-order valence-electron chi connectivity index (χ0n) is 15.8. The molecule has 1 heterocycles. The summed E-state index contributed by atoms with van der Waals surface area (Å²) in [5.74, 6) is -0.0194. The molecular weight excluding hydrogens is 521 g/mol. The molecule has 0 radical (unpaired) electrons. The quantitative estimate of drug-likeness (QED) is 0.255. The summed E-state index contributed by atoms with van der Waals surface area (Å²) in [6.45, 7) is 0.0792. The van der Waals surface area contributed by atoms with E-state index in [9.17, 15) is 9.18 Å². The number of anilines is 1. The summed E-state index contributed by atoms with van der Waals surface area (Å²) >= 11 is 16.2. The van der Waals surface area contributed by atoms with Crippen molar-refractivity contribution in [2.24, 2.45) is 0 Å². The molecule has 1 saturated heterocycles. The van der Waals surface area contributed by atoms with E-state index in [1.165, 1.54) is 22.7 Å². The van der Waals surface area contributed by atoms with Crippen molar-refractivity contribution in [2.75, 3.05) is 4.90 Å². The maximum atomic E-state index is 13.9. The van der Waals surface area contributed by atoms with Gasteiger partial charge in [0.25, 0.3) is 5.91 Å². The Bertz CT molecular complexity index is 1220. The highest BCUT2D eigenvalue weighted by Gasteiger charge is 2.33. The molecule has 0 aromatic heterocycles. The zero-order valence-corrected chi connectivity index (χ0v) is 19.8. The van der Waals surface area contributed by atoms with Crippen molar-refractivity contribution in [1.82, 2.24) is 0 Å². The SMILES string of the molecule is O=C1/C(=C\c2ccccc2OCc2ccccc2F)SC(=S)N1c1ccc(Br)c(Cl)c1. The van der Waals surface area contributed by atoms with Gasteiger partial charge in [0.15, 0.2) is 4.32 Å². The molecule has 1 fully saturated rings. The number of amides is 1. The molecule has 156 valence electrons. The lowest BCUT2D eigenvalue weighted by molar-refractivity contribution is -0.113. The van der Waals surface area contributed by atoms with Crippen LogP contribution in [0, 0.1) is 5.82 Å². The average molecular weight is 535 g/mol. The number of nitrogens with zero attached hydrogens (tertiary/aromatic N) is 1. The molecule has 0 saturated carbocycles. The van der Waals surface area contributed by atoms with E-state index >= 15 is 0 Å². The van der Waals surface area contributed by atoms with Gasteiger partial charge in [0.1, 0.15) is 18.2 Å². The van der Waals surface area contributed by atoms with Crippen LogP contribution < -0.4 is 9.64 Å². The monoisotopic (exact) mass is 533 g/mol. The van der Waals surface area contributed by atoms with Gasteiger partial charge in [-0.2, -0.15) is 0 Å². The average Bonchev–Trinajstić information content (AvgIpc) is 3.03. The van der Waals surface area contributed by atoms with E-state index < -0.39 is 0 Å². The van der Waals surface area contributed by atoms with Crippen molar-refractivity contribution in [1.29, 1.82) is 0 Å². The molecule has 1 aliphatic heterocycles. The minimum atomic E-state index is -0.325. The van der Waals surface area contributed by atoms with Crippen LogP contribution in [0.3, 0.4) is 0 Å². The van der Waals surface area contributed by atoms with E-state index in [2.05, 4.69) is 15.9 Å². The molecule has 3 aromatic rings. The number of halogens is 3. The van der Waals surface area contributed by atoms with E-state index in [0.717, 1.165) is 4.47 Å². The van der Waals surface area contributed by atoms with Gasteiger partial charge in [0.05, 0.1) is 15.6 Å². The molecule has 0 aliphatic carbocycles. The second-order valence-electron chi connectivity index (χ2n) is 6.53. The number of rotatable bonds is 5. The summed E-state index contributed by atoms with van der Waals surface area (Å²) in [6.07, 6.45) is 1.73. The number of benzene rings is 3. The second-order valence-corrected chi connectivity index (χ2v) is 9.47. The van der Waals surface area contributed by atoms with Gasteiger partial charge in [-0.25, -0.2) is 4.39 Å². The van der Waals surface area contributed by atoms with E-state index in [-0.39, 0.29) is 18.3 Å². The molecule has 8 heteroatoms. The molecule has 0 bridgehead atoms. The van der Waals surface area contributed by atoms with Crippen LogP contribution in [0.4, 0.5) is 10.1 Å². The minimum Gasteiger partial charge on any atom is -0.488 e. The number of thiocarbonyl (C=S) groups is 1. The van der Waals surface area contributed by atoms with Crippen LogP contribution in [-0.4, -0.2) is 10.2 Å². The normalized spacial score (nSPS) is 15.1. The van der Waals surface area contributed by atoms with Gasteiger partial charge in [-0.15, -0.1) is 0 Å². The van der Waals surface area contributed by atoms with Gasteiger partial charge in [-0.05, 0) is 52.3 Å². The van der Waals surface area contributed by atoms with Crippen LogP contribution in [0.1, 0.15) is 11.1 Å². The van der Waals surface area contributed by atoms with Crippen molar-refractivity contribution in [3.05, 3.63) is 98.1 Å². The number of thioether (sulfide) groups is 1. The Morgan fingerprint density at radius 3 is 2.65 bits per heavy atom. The molecule has 31 heavy (non-hydrogen) atoms. The standard InChI is InChI=1S/C23H14BrClFNO2S2/c24-17-10-9-16(12-18(17)25)27-22(28)21(31-23(27)30)11-14-5-2-4-8-20(14)29-13-15-6-1-3-7-19(15)26/h1-12H,13H2/b21-11+. The van der Waals surface area contributed by atoms with Crippen molar-refractivity contribution in [3.63, 3.8) is 0 Å². The number of carbonyl (C=O) groups is 1. The maximum absolute atomic E-state index is 13.9. The lowest BCUT2D eigenvalue weighted by atomic mass is 10.1. The molecule has 0 unspecified atom stereocenters. The first-order valence-electron chi connectivity index (χ1n) is 9.12. The van der Waals surface area contributed by atoms with Gasteiger partial charge in [-0.3, -0.25) is 9.69 Å². The Kier molecular flexibility index (Phi) is 6.77. The Hall–Kier alpha value is -2.19. The summed E-state index contributed by atoms with van der Waals surface area (Å²) in [5.41, 5.74) is 1.76. The van der Waals surface area contributed by atoms with E-state index in [1.807, 2.05) is 18.2 Å². The zero-order chi connectivity index (χ0) is 22.0. The fraction of sp³-hybridized carbons (Fsp3) is 0.0435. The highest BCUT2D eigenvalue weighted by molar-refractivity contribution is 9.10. The fourth-order valence-corrected chi connectivity index (χ4v) is 4.67. The van der Waals surface area contributed by atoms with E-state index in [1.54, 1.807) is 48.5 Å². The molecule has 3 aromatic carbocycles. The Balaban J connectivity index is 1.59. The predicted molar refractivity (Wildman–Crippen MR) is 132 cm³/mol. The van der Waals surface area contributed by atoms with Gasteiger partial charge >= 0.3 is 0 Å². The van der Waals surface area contributed by atoms with Crippen molar-refractivity contribution in [2.45, 2.75) is 6.61 Å². The van der Waals surface area contributed by atoms with Crippen molar-refractivity contribution in [3.8, 4) is 5.75 Å². The Labute approximate surface area is 202 Å². The topological polar surface area (TPSA) is 29.5 Å². The lowest BCUT2D eigenvalue weighted by Gasteiger charge is -2.15. The third-order valence-electron chi connectivity index (χ3n) is 4.50. The highest BCUT2D eigenvalue weighted by Crippen LogP contribution is 2.38. The largest absolute Gasteiger partial charge is 0.488 e. The first-order chi connectivity index (χ1) is 14.9. The van der Waals surface area contributed by atoms with Gasteiger partial charge in [0.2, 0.25) is 0 Å². The van der Waals surface area contributed by atoms with Crippen LogP contribution in [-0.2, 0) is 11.4 Å². The first-order valence-corrected chi connectivity index (χ1v) is 11.5. The molecule has 4 rings (SSSR count). The summed E-state index contributed by atoms with van der Waals surface area (Å²) in [4.78, 5) is 15.0. The van der Waals surface area contributed by atoms with E-state index in [0.29, 0.717) is 36.8 Å². The summed E-state index contributed by atoms with van der Waals surface area (Å²) < 4.78 is 20.9. The van der Waals surface area contributed by atoms with Crippen molar-refractivity contribution < 1.29 is 13.9 Å². The highest BCUT2D eigenvalue weighted by atomic mass is 79.9. The number of hydrogen-bond donors (Lipinski definition) is 0. The molecule has 1 aliphatic rings. The second kappa shape index (κ2) is 9.53. The Morgan fingerprint density at radius 1 is 1.13 bits per heavy atom. The number of ether oxygens (including phenoxy) is 1. The summed E-state index contributed by atoms with van der Waals surface area (Å²) in [7, 11) is 0. The molecule has 0 N–H and O–H groups in total. The first kappa shape index (κ1) is 22.0. The molecule has 1 amide bonds. The molecule has 0 spiro atoms. The number of carbonyl (C=O) groups excluding carboxylic acids is 1. The lowest BCUT2D eigenvalue weighted by Crippen LogP contribution is -2.27. The van der Waals surface area contributed by atoms with E-state index in [4.69, 9.17) is 28.6 Å². The van der Waals surface area contributed by atoms with Crippen LogP contribution in [0.5, 0.6) is 5.75 Å². The van der Waals surface area contributed by atoms with Gasteiger partial charge < -0.3 is 4.74 Å². The smallest absolute Gasteiger partial charge is 0.270 e. The van der Waals surface area contributed by atoms with Crippen LogP contribution in [0.15, 0.2) is 76.1 Å².